The molecule has 3 aromatic rings. The number of hydrogen-bond acceptors (Lipinski definition) is 8. The minimum absolute atomic E-state index is 0.0242. The summed E-state index contributed by atoms with van der Waals surface area (Å²) in [5.74, 6) is 4.03. The molecule has 9 nitrogen and oxygen atoms in total. The molecule has 2 aliphatic heterocycles. The largest absolute Gasteiger partial charge is 0.447 e. The van der Waals surface area contributed by atoms with E-state index in [9.17, 15) is 4.79 Å². The van der Waals surface area contributed by atoms with Crippen LogP contribution in [0, 0.1) is 18.3 Å². The van der Waals surface area contributed by atoms with Gasteiger partial charge in [0.2, 0.25) is 5.95 Å². The second-order valence-electron chi connectivity index (χ2n) is 10.1. The SMILES string of the molecule is C#Cc1cc(N2C(=O)OCC2C2CCCC2)nc2nc(Nc3ccc(N4CCN(C)CC4)cc3)ncc12. The first-order valence-corrected chi connectivity index (χ1v) is 13.0. The van der Waals surface area contributed by atoms with Crippen molar-refractivity contribution in [3.05, 3.63) is 42.1 Å². The normalized spacial score (nSPS) is 20.9. The summed E-state index contributed by atoms with van der Waals surface area (Å²) in [6.45, 7) is 4.56. The Bertz CT molecular complexity index is 1340. The molecule has 2 aromatic heterocycles. The number of benzene rings is 1. The van der Waals surface area contributed by atoms with Crippen molar-refractivity contribution < 1.29 is 9.53 Å². The molecule has 1 amide bonds. The topological polar surface area (TPSA) is 86.7 Å². The Morgan fingerprint density at radius 2 is 1.84 bits per heavy atom. The number of rotatable bonds is 5. The van der Waals surface area contributed by atoms with E-state index in [2.05, 4.69) is 50.2 Å². The minimum atomic E-state index is -0.375. The molecular weight excluding hydrogens is 466 g/mol. The number of cyclic esters (lactones) is 1. The number of amides is 1. The predicted molar refractivity (Wildman–Crippen MR) is 144 cm³/mol. The second kappa shape index (κ2) is 9.87. The van der Waals surface area contributed by atoms with Crippen LogP contribution in [0.4, 0.5) is 27.9 Å². The van der Waals surface area contributed by atoms with E-state index in [-0.39, 0.29) is 12.1 Å². The van der Waals surface area contributed by atoms with Gasteiger partial charge in [-0.3, -0.25) is 4.90 Å². The van der Waals surface area contributed by atoms with Crippen LogP contribution >= 0.6 is 0 Å². The van der Waals surface area contributed by atoms with Gasteiger partial charge >= 0.3 is 6.09 Å². The third-order valence-corrected chi connectivity index (χ3v) is 7.80. The van der Waals surface area contributed by atoms with Gasteiger partial charge in [-0.25, -0.2) is 14.8 Å². The van der Waals surface area contributed by atoms with E-state index in [1.807, 2.05) is 12.1 Å². The Morgan fingerprint density at radius 1 is 1.08 bits per heavy atom. The maximum Gasteiger partial charge on any atom is 0.415 e. The van der Waals surface area contributed by atoms with Crippen LogP contribution in [0.3, 0.4) is 0 Å². The molecule has 0 bridgehead atoms. The van der Waals surface area contributed by atoms with E-state index in [1.165, 1.54) is 18.5 Å². The fourth-order valence-electron chi connectivity index (χ4n) is 5.64. The number of terminal acetylenes is 1. The van der Waals surface area contributed by atoms with E-state index < -0.39 is 0 Å². The number of likely N-dealkylation sites (N-methyl/N-ethyl adjacent to an activating group) is 1. The lowest BCUT2D eigenvalue weighted by Gasteiger charge is -2.34. The summed E-state index contributed by atoms with van der Waals surface area (Å²) in [7, 11) is 2.16. The molecule has 4 heterocycles. The van der Waals surface area contributed by atoms with Crippen LogP contribution in [0.2, 0.25) is 0 Å². The molecule has 3 aliphatic rings. The number of anilines is 4. The average molecular weight is 498 g/mol. The molecule has 2 saturated heterocycles. The number of fused-ring (bicyclic) bond motifs is 1. The summed E-state index contributed by atoms with van der Waals surface area (Å²) in [5, 5.41) is 3.95. The molecule has 37 heavy (non-hydrogen) atoms. The van der Waals surface area contributed by atoms with Crippen molar-refractivity contribution >= 4 is 40.3 Å². The fraction of sp³-hybridized carbons (Fsp3) is 0.429. The van der Waals surface area contributed by atoms with Gasteiger partial charge < -0.3 is 19.9 Å². The quantitative estimate of drug-likeness (QED) is 0.529. The van der Waals surface area contributed by atoms with Gasteiger partial charge in [-0.2, -0.15) is 4.98 Å². The molecule has 1 atom stereocenters. The van der Waals surface area contributed by atoms with Gasteiger partial charge in [-0.1, -0.05) is 18.8 Å². The summed E-state index contributed by atoms with van der Waals surface area (Å²) in [6, 6.07) is 10.0. The number of carbonyl (C=O) groups excluding carboxylic acids is 1. The lowest BCUT2D eigenvalue weighted by Crippen LogP contribution is -2.44. The summed E-state index contributed by atoms with van der Waals surface area (Å²) in [4.78, 5) is 33.0. The van der Waals surface area contributed by atoms with Crippen LogP contribution in [-0.2, 0) is 4.74 Å². The maximum absolute atomic E-state index is 12.7. The minimum Gasteiger partial charge on any atom is -0.447 e. The van der Waals surface area contributed by atoms with E-state index in [4.69, 9.17) is 16.1 Å². The highest BCUT2D eigenvalue weighted by atomic mass is 16.6. The van der Waals surface area contributed by atoms with E-state index in [0.717, 1.165) is 44.7 Å². The van der Waals surface area contributed by atoms with Gasteiger partial charge in [-0.15, -0.1) is 6.42 Å². The molecule has 1 unspecified atom stereocenters. The lowest BCUT2D eigenvalue weighted by molar-refractivity contribution is 0.176. The first-order valence-electron chi connectivity index (χ1n) is 13.0. The van der Waals surface area contributed by atoms with E-state index >= 15 is 0 Å². The fourth-order valence-corrected chi connectivity index (χ4v) is 5.64. The zero-order valence-electron chi connectivity index (χ0n) is 21.1. The number of piperazine rings is 1. The third kappa shape index (κ3) is 4.65. The van der Waals surface area contributed by atoms with Crippen molar-refractivity contribution in [2.45, 2.75) is 31.7 Å². The number of nitrogens with zero attached hydrogens (tertiary/aromatic N) is 6. The van der Waals surface area contributed by atoms with Crippen molar-refractivity contribution in [2.24, 2.45) is 5.92 Å². The van der Waals surface area contributed by atoms with E-state index in [0.29, 0.717) is 40.9 Å². The molecule has 1 N–H and O–H groups in total. The molecular formula is C28H31N7O2. The first-order chi connectivity index (χ1) is 18.1. The van der Waals surface area contributed by atoms with E-state index in [1.54, 1.807) is 17.2 Å². The maximum atomic E-state index is 12.7. The van der Waals surface area contributed by atoms with Crippen LogP contribution in [0.25, 0.3) is 11.0 Å². The zero-order chi connectivity index (χ0) is 25.4. The van der Waals surface area contributed by atoms with Crippen LogP contribution in [0.15, 0.2) is 36.5 Å². The molecule has 190 valence electrons. The smallest absolute Gasteiger partial charge is 0.415 e. The molecule has 0 spiro atoms. The Labute approximate surface area is 216 Å². The van der Waals surface area contributed by atoms with Gasteiger partial charge in [0.15, 0.2) is 5.65 Å². The number of ether oxygens (including phenoxy) is 1. The van der Waals surface area contributed by atoms with Crippen LogP contribution < -0.4 is 15.1 Å². The van der Waals surface area contributed by atoms with Crippen LogP contribution in [-0.4, -0.2) is 71.8 Å². The van der Waals surface area contributed by atoms with Gasteiger partial charge in [0.1, 0.15) is 12.4 Å². The summed E-state index contributed by atoms with van der Waals surface area (Å²) < 4.78 is 5.44. The summed E-state index contributed by atoms with van der Waals surface area (Å²) in [6.07, 6.45) is 11.7. The Hall–Kier alpha value is -3.90. The predicted octanol–water partition coefficient (Wildman–Crippen LogP) is 4.02. The molecule has 3 fully saturated rings. The average Bonchev–Trinajstić information content (AvgIpc) is 3.59. The number of aromatic nitrogens is 3. The standard InChI is InChI=1S/C28H31N7O2/c1-3-19-16-25(35-24(18-37-28(35)36)20-6-4-5-7-20)31-26-23(19)17-29-27(32-26)30-21-8-10-22(11-9-21)34-14-12-33(2)13-15-34/h1,8-11,16-17,20,24H,4-7,12-15,18H2,2H3,(H,29,30,31,32). The zero-order valence-corrected chi connectivity index (χ0v) is 21.1. The van der Waals surface area contributed by atoms with Gasteiger partial charge in [0.05, 0.1) is 11.4 Å². The monoisotopic (exact) mass is 497 g/mol. The van der Waals surface area contributed by atoms with Crippen LogP contribution in [0.1, 0.15) is 31.2 Å². The third-order valence-electron chi connectivity index (χ3n) is 7.80. The highest BCUT2D eigenvalue weighted by molar-refractivity contribution is 5.92. The molecule has 1 aliphatic carbocycles. The van der Waals surface area contributed by atoms with Gasteiger partial charge in [0.25, 0.3) is 0 Å². The number of hydrogen-bond donors (Lipinski definition) is 1. The molecule has 9 heteroatoms. The molecule has 0 radical (unpaired) electrons. The van der Waals surface area contributed by atoms with Gasteiger partial charge in [0, 0.05) is 49.3 Å². The number of nitrogens with one attached hydrogen (secondary N) is 1. The van der Waals surface area contributed by atoms with Gasteiger partial charge in [-0.05, 0) is 56.1 Å². The Kier molecular flexibility index (Phi) is 6.26. The second-order valence-corrected chi connectivity index (χ2v) is 10.1. The first kappa shape index (κ1) is 23.5. The Morgan fingerprint density at radius 3 is 2.57 bits per heavy atom. The van der Waals surface area contributed by atoms with Crippen molar-refractivity contribution in [1.29, 1.82) is 0 Å². The highest BCUT2D eigenvalue weighted by Gasteiger charge is 2.41. The highest BCUT2D eigenvalue weighted by Crippen LogP contribution is 2.36. The van der Waals surface area contributed by atoms with Crippen molar-refractivity contribution in [2.75, 3.05) is 55.0 Å². The summed E-state index contributed by atoms with van der Waals surface area (Å²) >= 11 is 0. The van der Waals surface area contributed by atoms with Crippen molar-refractivity contribution in [3.63, 3.8) is 0 Å². The summed E-state index contributed by atoms with van der Waals surface area (Å²) in [5.41, 5.74) is 3.14. The molecule has 1 aromatic carbocycles. The Balaban J connectivity index is 1.26. The molecule has 6 rings (SSSR count). The van der Waals surface area contributed by atoms with Crippen LogP contribution in [0.5, 0.6) is 0 Å². The van der Waals surface area contributed by atoms with Crippen molar-refractivity contribution in [3.8, 4) is 12.3 Å². The molecule has 1 saturated carbocycles. The number of pyridine rings is 1. The number of carbonyl (C=O) groups is 1. The lowest BCUT2D eigenvalue weighted by atomic mass is 9.98. The van der Waals surface area contributed by atoms with Crippen molar-refractivity contribution in [1.82, 2.24) is 19.9 Å².